The van der Waals surface area contributed by atoms with Crippen molar-refractivity contribution >= 4 is 21.5 Å². The third kappa shape index (κ3) is 0.969. The van der Waals surface area contributed by atoms with Crippen LogP contribution in [0.15, 0.2) is 29.3 Å². The van der Waals surface area contributed by atoms with Crippen molar-refractivity contribution in [1.29, 1.82) is 0 Å². The van der Waals surface area contributed by atoms with E-state index in [0.717, 1.165) is 0 Å². The van der Waals surface area contributed by atoms with Gasteiger partial charge >= 0.3 is 0 Å². The van der Waals surface area contributed by atoms with Gasteiger partial charge in [0, 0.05) is 9.89 Å². The molecule has 1 fully saturated rings. The van der Waals surface area contributed by atoms with E-state index in [0.29, 0.717) is 5.41 Å². The number of halogens is 1. The van der Waals surface area contributed by atoms with Gasteiger partial charge in [-0.25, -0.2) is 0 Å². The van der Waals surface area contributed by atoms with Gasteiger partial charge in [0.05, 0.1) is 0 Å². The van der Waals surface area contributed by atoms with Crippen LogP contribution in [0.25, 0.3) is 5.57 Å². The first-order valence-electron chi connectivity index (χ1n) is 4.69. The Balaban J connectivity index is 2.26. The third-order valence-corrected chi connectivity index (χ3v) is 3.83. The fourth-order valence-electron chi connectivity index (χ4n) is 2.46. The fraction of sp³-hybridized carbons (Fsp3) is 0.333. The highest BCUT2D eigenvalue weighted by molar-refractivity contribution is 9.10. The van der Waals surface area contributed by atoms with Gasteiger partial charge in [0.1, 0.15) is 0 Å². The number of fused-ring (bicyclic) bond motifs is 2. The van der Waals surface area contributed by atoms with E-state index in [4.69, 9.17) is 0 Å². The molecule has 0 saturated heterocycles. The topological polar surface area (TPSA) is 0 Å². The zero-order chi connectivity index (χ0) is 9.05. The molecular formula is C12H11Br. The second kappa shape index (κ2) is 2.27. The van der Waals surface area contributed by atoms with Crippen LogP contribution in [0.1, 0.15) is 30.4 Å². The van der Waals surface area contributed by atoms with Gasteiger partial charge < -0.3 is 0 Å². The molecule has 0 atom stereocenters. The molecule has 0 aliphatic heterocycles. The van der Waals surface area contributed by atoms with Gasteiger partial charge in [0.15, 0.2) is 0 Å². The summed E-state index contributed by atoms with van der Waals surface area (Å²) in [6.45, 7) is 4.15. The zero-order valence-electron chi connectivity index (χ0n) is 7.44. The first kappa shape index (κ1) is 7.81. The largest absolute Gasteiger partial charge is 0.0952 e. The van der Waals surface area contributed by atoms with Crippen molar-refractivity contribution in [3.8, 4) is 0 Å². The Hall–Kier alpha value is -0.560. The highest BCUT2D eigenvalue weighted by Gasteiger charge is 2.49. The minimum absolute atomic E-state index is 0.510. The van der Waals surface area contributed by atoms with Gasteiger partial charge in [-0.15, -0.1) is 0 Å². The van der Waals surface area contributed by atoms with E-state index in [2.05, 4.69) is 40.7 Å². The van der Waals surface area contributed by atoms with Crippen molar-refractivity contribution in [2.24, 2.45) is 0 Å². The van der Waals surface area contributed by atoms with E-state index < -0.39 is 0 Å². The normalized spacial score (nSPS) is 22.1. The first-order valence-corrected chi connectivity index (χ1v) is 5.49. The molecular weight excluding hydrogens is 224 g/mol. The second-order valence-corrected chi connectivity index (χ2v) is 5.17. The van der Waals surface area contributed by atoms with Crippen molar-refractivity contribution in [2.45, 2.75) is 24.7 Å². The molecule has 0 aromatic heterocycles. The number of benzene rings is 1. The molecule has 0 unspecified atom stereocenters. The summed E-state index contributed by atoms with van der Waals surface area (Å²) in [5, 5.41) is 0. The molecule has 1 heteroatoms. The maximum absolute atomic E-state index is 4.15. The van der Waals surface area contributed by atoms with Crippen LogP contribution in [0.3, 0.4) is 0 Å². The van der Waals surface area contributed by atoms with Crippen LogP contribution in [-0.4, -0.2) is 0 Å². The first-order chi connectivity index (χ1) is 6.21. The molecule has 1 aromatic carbocycles. The predicted molar refractivity (Wildman–Crippen MR) is 58.7 cm³/mol. The minimum Gasteiger partial charge on any atom is -0.0952 e. The Bertz CT molecular complexity index is 400. The van der Waals surface area contributed by atoms with Crippen LogP contribution < -0.4 is 0 Å². The number of hydrogen-bond donors (Lipinski definition) is 0. The van der Waals surface area contributed by atoms with Crippen LogP contribution in [-0.2, 0) is 5.41 Å². The number of allylic oxidation sites excluding steroid dienone is 1. The third-order valence-electron chi connectivity index (χ3n) is 3.34. The Morgan fingerprint density at radius 1 is 1.31 bits per heavy atom. The molecule has 0 nitrogen and oxygen atoms in total. The monoisotopic (exact) mass is 234 g/mol. The van der Waals surface area contributed by atoms with Crippen molar-refractivity contribution in [1.82, 2.24) is 0 Å². The van der Waals surface area contributed by atoms with Crippen molar-refractivity contribution in [3.63, 3.8) is 0 Å². The summed E-state index contributed by atoms with van der Waals surface area (Å²) in [7, 11) is 0. The number of hydrogen-bond acceptors (Lipinski definition) is 0. The van der Waals surface area contributed by atoms with E-state index in [1.165, 1.54) is 40.4 Å². The van der Waals surface area contributed by atoms with Crippen molar-refractivity contribution < 1.29 is 0 Å². The summed E-state index contributed by atoms with van der Waals surface area (Å²) >= 11 is 3.53. The second-order valence-electron chi connectivity index (χ2n) is 4.25. The van der Waals surface area contributed by atoms with E-state index in [1.54, 1.807) is 0 Å². The molecule has 2 aliphatic rings. The Labute approximate surface area is 86.8 Å². The molecule has 1 spiro atoms. The van der Waals surface area contributed by atoms with Crippen LogP contribution >= 0.6 is 15.9 Å². The molecule has 0 amide bonds. The standard InChI is InChI=1S/C12H11Br/c1-8-7-12(4-5-12)11-6-9(13)2-3-10(8)11/h2-3,6H,1,4-5,7H2. The summed E-state index contributed by atoms with van der Waals surface area (Å²) in [6, 6.07) is 6.60. The van der Waals surface area contributed by atoms with Gasteiger partial charge in [-0.3, -0.25) is 0 Å². The molecule has 2 aliphatic carbocycles. The van der Waals surface area contributed by atoms with Crippen LogP contribution in [0, 0.1) is 0 Å². The van der Waals surface area contributed by atoms with Crippen molar-refractivity contribution in [2.75, 3.05) is 0 Å². The molecule has 1 aromatic rings. The van der Waals surface area contributed by atoms with Gasteiger partial charge in [-0.1, -0.05) is 28.6 Å². The molecule has 1 saturated carbocycles. The van der Waals surface area contributed by atoms with Crippen LogP contribution in [0.4, 0.5) is 0 Å². The van der Waals surface area contributed by atoms with E-state index in [-0.39, 0.29) is 0 Å². The Kier molecular flexibility index (Phi) is 1.36. The van der Waals surface area contributed by atoms with Crippen molar-refractivity contribution in [3.05, 3.63) is 40.4 Å². The lowest BCUT2D eigenvalue weighted by Gasteiger charge is -2.06. The van der Waals surface area contributed by atoms with E-state index in [1.807, 2.05) is 0 Å². The summed E-state index contributed by atoms with van der Waals surface area (Å²) < 4.78 is 1.20. The molecule has 0 bridgehead atoms. The Morgan fingerprint density at radius 2 is 2.08 bits per heavy atom. The smallest absolute Gasteiger partial charge is 0.0178 e. The van der Waals surface area contributed by atoms with Gasteiger partial charge in [0.2, 0.25) is 0 Å². The summed E-state index contributed by atoms with van der Waals surface area (Å²) in [5.41, 5.74) is 4.78. The fourth-order valence-corrected chi connectivity index (χ4v) is 2.82. The highest BCUT2D eigenvalue weighted by atomic mass is 79.9. The molecule has 66 valence electrons. The lowest BCUT2D eigenvalue weighted by Crippen LogP contribution is -1.98. The summed E-state index contributed by atoms with van der Waals surface area (Å²) in [4.78, 5) is 0. The van der Waals surface area contributed by atoms with Gasteiger partial charge in [0.25, 0.3) is 0 Å². The maximum atomic E-state index is 4.15. The molecule has 0 N–H and O–H groups in total. The maximum Gasteiger partial charge on any atom is 0.0178 e. The summed E-state index contributed by atoms with van der Waals surface area (Å²) in [5.74, 6) is 0. The highest BCUT2D eigenvalue weighted by Crippen LogP contribution is 2.60. The molecule has 13 heavy (non-hydrogen) atoms. The van der Waals surface area contributed by atoms with E-state index >= 15 is 0 Å². The minimum atomic E-state index is 0.510. The predicted octanol–water partition coefficient (Wildman–Crippen LogP) is 3.90. The molecule has 3 rings (SSSR count). The number of rotatable bonds is 0. The Morgan fingerprint density at radius 3 is 2.77 bits per heavy atom. The summed E-state index contributed by atoms with van der Waals surface area (Å²) in [6.07, 6.45) is 3.91. The van der Waals surface area contributed by atoms with Gasteiger partial charge in [-0.2, -0.15) is 0 Å². The molecule has 0 heterocycles. The zero-order valence-corrected chi connectivity index (χ0v) is 9.02. The molecule has 0 radical (unpaired) electrons. The van der Waals surface area contributed by atoms with E-state index in [9.17, 15) is 0 Å². The lowest BCUT2D eigenvalue weighted by molar-refractivity contribution is 0.750. The van der Waals surface area contributed by atoms with Gasteiger partial charge in [-0.05, 0) is 48.1 Å². The SMILES string of the molecule is C=C1CC2(CC2)c2cc(Br)ccc21. The van der Waals surface area contributed by atoms with Crippen LogP contribution in [0.5, 0.6) is 0 Å². The lowest BCUT2D eigenvalue weighted by atomic mass is 9.99. The quantitative estimate of drug-likeness (QED) is 0.639. The average Bonchev–Trinajstić information content (AvgIpc) is 2.79. The van der Waals surface area contributed by atoms with Crippen LogP contribution in [0.2, 0.25) is 0 Å². The average molecular weight is 235 g/mol.